The van der Waals surface area contributed by atoms with Crippen molar-refractivity contribution >= 4 is 0 Å². The van der Waals surface area contributed by atoms with Crippen molar-refractivity contribution in [3.8, 4) is 0 Å². The second kappa shape index (κ2) is 1.91. The van der Waals surface area contributed by atoms with Crippen molar-refractivity contribution in [1.29, 1.82) is 0 Å². The minimum atomic E-state index is -2.86. The maximum absolute atomic E-state index is 12.6. The highest BCUT2D eigenvalue weighted by atomic mass is 19.3. The molecule has 0 amide bonds. The first kappa shape index (κ1) is 7.92. The van der Waals surface area contributed by atoms with Gasteiger partial charge in [-0.15, -0.1) is 0 Å². The normalized spacial score (nSPS) is 36.3. The van der Waals surface area contributed by atoms with Crippen LogP contribution in [0.1, 0.15) is 26.7 Å². The molecule has 0 aromatic rings. The molecule has 1 unspecified atom stereocenters. The summed E-state index contributed by atoms with van der Waals surface area (Å²) in [5, 5.41) is 8.84. The maximum Gasteiger partial charge on any atom is 0.273 e. The monoisotopic (exact) mass is 150 g/mol. The Hall–Kier alpha value is -0.180. The number of alkyl halides is 2. The number of hydrogen-bond acceptors (Lipinski definition) is 1. The number of halogens is 2. The summed E-state index contributed by atoms with van der Waals surface area (Å²) in [5.41, 5.74) is -0.400. The quantitative estimate of drug-likeness (QED) is 0.558. The Morgan fingerprint density at radius 1 is 1.40 bits per heavy atom. The first-order chi connectivity index (χ1) is 4.33. The van der Waals surface area contributed by atoms with E-state index in [0.717, 1.165) is 0 Å². The van der Waals surface area contributed by atoms with Gasteiger partial charge in [0.15, 0.2) is 0 Å². The van der Waals surface area contributed by atoms with E-state index in [9.17, 15) is 8.78 Å². The minimum absolute atomic E-state index is 0.193. The maximum atomic E-state index is 12.6. The van der Waals surface area contributed by atoms with Gasteiger partial charge in [-0.3, -0.25) is 0 Å². The lowest BCUT2D eigenvalue weighted by molar-refractivity contribution is -0.0865. The van der Waals surface area contributed by atoms with Crippen molar-refractivity contribution in [3.05, 3.63) is 0 Å². The molecule has 1 rings (SSSR count). The van der Waals surface area contributed by atoms with Gasteiger partial charge >= 0.3 is 0 Å². The van der Waals surface area contributed by atoms with Crippen LogP contribution in [0.5, 0.6) is 0 Å². The lowest BCUT2D eigenvalue weighted by atomic mass is 9.92. The van der Waals surface area contributed by atoms with Crippen LogP contribution in [0.25, 0.3) is 0 Å². The minimum Gasteiger partial charge on any atom is -0.387 e. The van der Waals surface area contributed by atoms with Crippen LogP contribution >= 0.6 is 0 Å². The van der Waals surface area contributed by atoms with E-state index >= 15 is 0 Å². The molecule has 1 saturated carbocycles. The van der Waals surface area contributed by atoms with E-state index in [1.807, 2.05) is 0 Å². The molecule has 0 saturated heterocycles. The lowest BCUT2D eigenvalue weighted by Gasteiger charge is -2.15. The van der Waals surface area contributed by atoms with Gasteiger partial charge in [0.2, 0.25) is 0 Å². The molecule has 0 aromatic heterocycles. The molecule has 1 atom stereocenters. The zero-order valence-corrected chi connectivity index (χ0v) is 6.19. The third kappa shape index (κ3) is 1.29. The van der Waals surface area contributed by atoms with Crippen LogP contribution in [0.4, 0.5) is 8.78 Å². The fourth-order valence-corrected chi connectivity index (χ4v) is 1.50. The largest absolute Gasteiger partial charge is 0.387 e. The first-order valence-corrected chi connectivity index (χ1v) is 3.39. The number of rotatable bonds is 0. The Morgan fingerprint density at radius 3 is 2.00 bits per heavy atom. The third-order valence-corrected chi connectivity index (χ3v) is 1.95. The van der Waals surface area contributed by atoms with Crippen LogP contribution in [0.2, 0.25) is 0 Å². The van der Waals surface area contributed by atoms with Gasteiger partial charge in [-0.05, 0) is 11.8 Å². The molecule has 0 heterocycles. The summed E-state index contributed by atoms with van der Waals surface area (Å²) in [4.78, 5) is 0. The van der Waals surface area contributed by atoms with Crippen LogP contribution in [-0.4, -0.2) is 17.1 Å². The van der Waals surface area contributed by atoms with Gasteiger partial charge in [-0.1, -0.05) is 13.8 Å². The smallest absolute Gasteiger partial charge is 0.273 e. The van der Waals surface area contributed by atoms with Crippen LogP contribution in [0.3, 0.4) is 0 Å². The molecule has 1 fully saturated rings. The third-order valence-electron chi connectivity index (χ3n) is 1.95. The van der Waals surface area contributed by atoms with E-state index in [0.29, 0.717) is 0 Å². The van der Waals surface area contributed by atoms with Crippen LogP contribution in [0, 0.1) is 5.41 Å². The molecular formula is C7H12F2O. The van der Waals surface area contributed by atoms with E-state index in [2.05, 4.69) is 0 Å². The van der Waals surface area contributed by atoms with Crippen molar-refractivity contribution in [1.82, 2.24) is 0 Å². The highest BCUT2D eigenvalue weighted by molar-refractivity contribution is 4.94. The molecule has 0 aliphatic heterocycles. The van der Waals surface area contributed by atoms with Crippen molar-refractivity contribution < 1.29 is 13.9 Å². The lowest BCUT2D eigenvalue weighted by Crippen LogP contribution is -2.26. The fraction of sp³-hybridized carbons (Fsp3) is 1.00. The second-order valence-corrected chi connectivity index (χ2v) is 3.82. The standard InChI is InChI=1S/C7H12F2O/c1-6(2)3-5(10)7(8,9)4-6/h5,10H,3-4H2,1-2H3. The zero-order chi connectivity index (χ0) is 7.99. The molecule has 60 valence electrons. The first-order valence-electron chi connectivity index (χ1n) is 3.39. The van der Waals surface area contributed by atoms with Gasteiger partial charge in [0.1, 0.15) is 6.10 Å². The van der Waals surface area contributed by atoms with Gasteiger partial charge in [-0.25, -0.2) is 8.78 Å². The van der Waals surface area contributed by atoms with Gasteiger partial charge in [-0.2, -0.15) is 0 Å². The number of hydrogen-bond donors (Lipinski definition) is 1. The Labute approximate surface area is 59.0 Å². The zero-order valence-electron chi connectivity index (χ0n) is 6.19. The second-order valence-electron chi connectivity index (χ2n) is 3.82. The average molecular weight is 150 g/mol. The molecule has 1 nitrogen and oxygen atoms in total. The highest BCUT2D eigenvalue weighted by Crippen LogP contribution is 2.46. The summed E-state index contributed by atoms with van der Waals surface area (Å²) in [5.74, 6) is -2.86. The summed E-state index contributed by atoms with van der Waals surface area (Å²) in [6, 6.07) is 0. The van der Waals surface area contributed by atoms with Crippen molar-refractivity contribution in [2.45, 2.75) is 38.7 Å². The van der Waals surface area contributed by atoms with E-state index in [4.69, 9.17) is 5.11 Å². The predicted molar refractivity (Wildman–Crippen MR) is 34.0 cm³/mol. The molecule has 0 radical (unpaired) electrons. The number of aliphatic hydroxyl groups excluding tert-OH is 1. The van der Waals surface area contributed by atoms with Gasteiger partial charge in [0.05, 0.1) is 0 Å². The Balaban J connectivity index is 2.71. The molecule has 1 N–H and O–H groups in total. The molecule has 0 bridgehead atoms. The van der Waals surface area contributed by atoms with Crippen LogP contribution < -0.4 is 0 Å². The molecule has 10 heavy (non-hydrogen) atoms. The predicted octanol–water partition coefficient (Wildman–Crippen LogP) is 1.80. The molecule has 0 aromatic carbocycles. The van der Waals surface area contributed by atoms with E-state index in [1.165, 1.54) is 0 Å². The topological polar surface area (TPSA) is 20.2 Å². The summed E-state index contributed by atoms with van der Waals surface area (Å²) in [6.07, 6.45) is -1.41. The van der Waals surface area contributed by atoms with Crippen LogP contribution in [0.15, 0.2) is 0 Å². The Kier molecular flexibility index (Phi) is 1.51. The number of aliphatic hydroxyl groups is 1. The van der Waals surface area contributed by atoms with Gasteiger partial charge in [0, 0.05) is 6.42 Å². The molecule has 3 heteroatoms. The molecule has 1 aliphatic rings. The summed E-state index contributed by atoms with van der Waals surface area (Å²) in [6.45, 7) is 3.49. The summed E-state index contributed by atoms with van der Waals surface area (Å²) in [7, 11) is 0. The highest BCUT2D eigenvalue weighted by Gasteiger charge is 2.51. The molecule has 1 aliphatic carbocycles. The average Bonchev–Trinajstić information content (AvgIpc) is 1.73. The summed E-state index contributed by atoms with van der Waals surface area (Å²) < 4.78 is 25.2. The van der Waals surface area contributed by atoms with Crippen molar-refractivity contribution in [3.63, 3.8) is 0 Å². The van der Waals surface area contributed by atoms with Crippen LogP contribution in [-0.2, 0) is 0 Å². The summed E-state index contributed by atoms with van der Waals surface area (Å²) >= 11 is 0. The van der Waals surface area contributed by atoms with Gasteiger partial charge in [0.25, 0.3) is 5.92 Å². The Bertz CT molecular complexity index is 143. The fourth-order valence-electron chi connectivity index (χ4n) is 1.50. The molecular weight excluding hydrogens is 138 g/mol. The van der Waals surface area contributed by atoms with E-state index in [-0.39, 0.29) is 12.8 Å². The SMILES string of the molecule is CC1(C)CC(O)C(F)(F)C1. The van der Waals surface area contributed by atoms with Crippen molar-refractivity contribution in [2.75, 3.05) is 0 Å². The van der Waals surface area contributed by atoms with Crippen molar-refractivity contribution in [2.24, 2.45) is 5.41 Å². The van der Waals surface area contributed by atoms with E-state index in [1.54, 1.807) is 13.8 Å². The van der Waals surface area contributed by atoms with E-state index < -0.39 is 17.4 Å². The molecule has 0 spiro atoms. The van der Waals surface area contributed by atoms with Gasteiger partial charge < -0.3 is 5.11 Å². The Morgan fingerprint density at radius 2 is 1.90 bits per heavy atom.